The van der Waals surface area contributed by atoms with E-state index in [0.717, 1.165) is 42.1 Å². The van der Waals surface area contributed by atoms with Gasteiger partial charge < -0.3 is 14.5 Å². The lowest BCUT2D eigenvalue weighted by molar-refractivity contribution is -0.274. The van der Waals surface area contributed by atoms with E-state index >= 15 is 0 Å². The third kappa shape index (κ3) is 4.18. The van der Waals surface area contributed by atoms with E-state index in [1.807, 2.05) is 0 Å². The normalized spacial score (nSPS) is 14.3. The van der Waals surface area contributed by atoms with E-state index in [9.17, 15) is 21.6 Å². The highest BCUT2D eigenvalue weighted by Gasteiger charge is 2.31. The van der Waals surface area contributed by atoms with E-state index in [0.29, 0.717) is 23.9 Å². The van der Waals surface area contributed by atoms with Crippen LogP contribution >= 0.6 is 24.0 Å². The summed E-state index contributed by atoms with van der Waals surface area (Å²) in [6, 6.07) is 6.77. The highest BCUT2D eigenvalue weighted by Crippen LogP contribution is 2.37. The molecule has 29 heavy (non-hydrogen) atoms. The predicted octanol–water partition coefficient (Wildman–Crippen LogP) is 4.89. The summed E-state index contributed by atoms with van der Waals surface area (Å²) in [5.41, 5.74) is 1.28. The second-order valence-electron chi connectivity index (χ2n) is 6.23. The molecule has 1 aromatic heterocycles. The standard InChI is InChI=1S/C18H13ClF3NO4S.ClH/c19-15-8-12(7-13-14-9-23-6-5-16(14)26-17(13)15)28(24,25)11-3-1-10(2-4-11)27-18(20,21)22;/h1-4,7-8,23H,5-6,9H2;1H. The van der Waals surface area contributed by atoms with Gasteiger partial charge in [-0.1, -0.05) is 11.6 Å². The van der Waals surface area contributed by atoms with Gasteiger partial charge in [0.05, 0.1) is 14.8 Å². The molecule has 3 aromatic rings. The summed E-state index contributed by atoms with van der Waals surface area (Å²) in [7, 11) is -4.00. The summed E-state index contributed by atoms with van der Waals surface area (Å²) < 4.78 is 72.2. The molecule has 0 atom stereocenters. The van der Waals surface area contributed by atoms with E-state index in [1.165, 1.54) is 12.1 Å². The number of benzene rings is 2. The van der Waals surface area contributed by atoms with Crippen molar-refractivity contribution in [2.75, 3.05) is 6.54 Å². The van der Waals surface area contributed by atoms with Gasteiger partial charge in [-0.3, -0.25) is 0 Å². The molecular formula is C18H14Cl2F3NO4S. The fraction of sp³-hybridized carbons (Fsp3) is 0.222. The SMILES string of the molecule is Cl.O=S(=O)(c1ccc(OC(F)(F)F)cc1)c1cc(Cl)c2oc3c(c2c1)CNCC3. The van der Waals surface area contributed by atoms with Crippen molar-refractivity contribution in [3.63, 3.8) is 0 Å². The van der Waals surface area contributed by atoms with Crippen LogP contribution in [0, 0.1) is 0 Å². The largest absolute Gasteiger partial charge is 0.573 e. The van der Waals surface area contributed by atoms with Crippen LogP contribution in [-0.4, -0.2) is 21.3 Å². The molecule has 2 heterocycles. The van der Waals surface area contributed by atoms with Gasteiger partial charge in [0, 0.05) is 30.5 Å². The molecule has 1 aliphatic heterocycles. The van der Waals surface area contributed by atoms with Gasteiger partial charge in [0.25, 0.3) is 0 Å². The van der Waals surface area contributed by atoms with E-state index in [2.05, 4.69) is 10.1 Å². The molecule has 1 N–H and O–H groups in total. The Morgan fingerprint density at radius 3 is 2.45 bits per heavy atom. The van der Waals surface area contributed by atoms with E-state index in [-0.39, 0.29) is 27.2 Å². The third-order valence-electron chi connectivity index (χ3n) is 4.41. The Balaban J connectivity index is 0.00000240. The summed E-state index contributed by atoms with van der Waals surface area (Å²) in [6.07, 6.45) is -4.18. The summed E-state index contributed by atoms with van der Waals surface area (Å²) in [5.74, 6) is 0.258. The van der Waals surface area contributed by atoms with Crippen molar-refractivity contribution in [2.24, 2.45) is 0 Å². The summed E-state index contributed by atoms with van der Waals surface area (Å²) in [4.78, 5) is -0.239. The van der Waals surface area contributed by atoms with Crippen LogP contribution in [0.4, 0.5) is 13.2 Å². The van der Waals surface area contributed by atoms with Crippen LogP contribution in [0.25, 0.3) is 11.0 Å². The van der Waals surface area contributed by atoms with Gasteiger partial charge in [0.15, 0.2) is 5.58 Å². The van der Waals surface area contributed by atoms with Crippen LogP contribution in [0.5, 0.6) is 5.75 Å². The van der Waals surface area contributed by atoms with Gasteiger partial charge in [-0.15, -0.1) is 25.6 Å². The Morgan fingerprint density at radius 1 is 1.10 bits per heavy atom. The molecule has 4 rings (SSSR count). The number of alkyl halides is 3. The number of halogens is 5. The first-order chi connectivity index (χ1) is 13.1. The van der Waals surface area contributed by atoms with Crippen molar-refractivity contribution >= 4 is 44.8 Å². The van der Waals surface area contributed by atoms with Crippen LogP contribution in [0.1, 0.15) is 11.3 Å². The first-order valence-corrected chi connectivity index (χ1v) is 10.1. The predicted molar refractivity (Wildman–Crippen MR) is 102 cm³/mol. The second kappa shape index (κ2) is 7.71. The molecule has 0 radical (unpaired) electrons. The summed E-state index contributed by atoms with van der Waals surface area (Å²) >= 11 is 6.25. The van der Waals surface area contributed by atoms with Gasteiger partial charge in [-0.05, 0) is 36.4 Å². The van der Waals surface area contributed by atoms with Crippen molar-refractivity contribution in [3.05, 3.63) is 52.7 Å². The number of rotatable bonds is 3. The molecule has 0 fully saturated rings. The number of ether oxygens (including phenoxy) is 1. The van der Waals surface area contributed by atoms with Gasteiger partial charge in [0.2, 0.25) is 9.84 Å². The molecule has 0 spiro atoms. The smallest absolute Gasteiger partial charge is 0.459 e. The maximum Gasteiger partial charge on any atom is 0.573 e. The Labute approximate surface area is 175 Å². The van der Waals surface area contributed by atoms with Crippen LogP contribution in [0.3, 0.4) is 0 Å². The zero-order valence-corrected chi connectivity index (χ0v) is 16.9. The zero-order valence-electron chi connectivity index (χ0n) is 14.5. The molecule has 5 nitrogen and oxygen atoms in total. The molecular weight excluding hydrogens is 454 g/mol. The molecule has 0 saturated carbocycles. The monoisotopic (exact) mass is 467 g/mol. The lowest BCUT2D eigenvalue weighted by Crippen LogP contribution is -2.22. The molecule has 0 bridgehead atoms. The topological polar surface area (TPSA) is 68.5 Å². The molecule has 1 aliphatic rings. The second-order valence-corrected chi connectivity index (χ2v) is 8.59. The first kappa shape index (κ1) is 21.8. The lowest BCUT2D eigenvalue weighted by atomic mass is 10.1. The number of fused-ring (bicyclic) bond motifs is 3. The molecule has 0 unspecified atom stereocenters. The Hall–Kier alpha value is -1.94. The van der Waals surface area contributed by atoms with Crippen LogP contribution in [-0.2, 0) is 22.8 Å². The Bertz CT molecular complexity index is 1160. The fourth-order valence-corrected chi connectivity index (χ4v) is 4.79. The van der Waals surface area contributed by atoms with E-state index < -0.39 is 21.9 Å². The minimum atomic E-state index is -4.85. The zero-order chi connectivity index (χ0) is 20.1. The molecule has 0 aliphatic carbocycles. The minimum absolute atomic E-state index is 0. The van der Waals surface area contributed by atoms with Gasteiger partial charge in [-0.25, -0.2) is 8.42 Å². The Kier molecular flexibility index (Phi) is 5.79. The molecule has 156 valence electrons. The molecule has 11 heteroatoms. The maximum absolute atomic E-state index is 12.9. The molecule has 0 amide bonds. The number of hydrogen-bond donors (Lipinski definition) is 1. The number of hydrogen-bond acceptors (Lipinski definition) is 5. The summed E-state index contributed by atoms with van der Waals surface area (Å²) in [6.45, 7) is 1.29. The Morgan fingerprint density at radius 2 is 1.79 bits per heavy atom. The van der Waals surface area contributed by atoms with Crippen LogP contribution < -0.4 is 10.1 Å². The average molecular weight is 468 g/mol. The molecule has 0 saturated heterocycles. The van der Waals surface area contributed by atoms with E-state index in [1.54, 1.807) is 0 Å². The first-order valence-electron chi connectivity index (χ1n) is 8.20. The van der Waals surface area contributed by atoms with Crippen molar-refractivity contribution in [1.82, 2.24) is 5.32 Å². The van der Waals surface area contributed by atoms with Gasteiger partial charge in [-0.2, -0.15) is 0 Å². The highest BCUT2D eigenvalue weighted by molar-refractivity contribution is 7.91. The quantitative estimate of drug-likeness (QED) is 0.593. The van der Waals surface area contributed by atoms with Crippen molar-refractivity contribution in [3.8, 4) is 5.75 Å². The average Bonchev–Trinajstić information content (AvgIpc) is 3.00. The van der Waals surface area contributed by atoms with Crippen molar-refractivity contribution < 1.29 is 30.7 Å². The lowest BCUT2D eigenvalue weighted by Gasteiger charge is -2.11. The van der Waals surface area contributed by atoms with Crippen LogP contribution in [0.2, 0.25) is 5.02 Å². The fourth-order valence-electron chi connectivity index (χ4n) is 3.15. The maximum atomic E-state index is 12.9. The van der Waals surface area contributed by atoms with Crippen molar-refractivity contribution in [1.29, 1.82) is 0 Å². The van der Waals surface area contributed by atoms with Gasteiger partial charge in [0.1, 0.15) is 11.5 Å². The van der Waals surface area contributed by atoms with Crippen LogP contribution in [0.15, 0.2) is 50.6 Å². The third-order valence-corrected chi connectivity index (χ3v) is 6.44. The number of furan rings is 1. The highest BCUT2D eigenvalue weighted by atomic mass is 35.5. The summed E-state index contributed by atoms with van der Waals surface area (Å²) in [5, 5.41) is 3.95. The van der Waals surface area contributed by atoms with E-state index in [4.69, 9.17) is 16.0 Å². The van der Waals surface area contributed by atoms with Gasteiger partial charge >= 0.3 is 6.36 Å². The van der Waals surface area contributed by atoms with Crippen molar-refractivity contribution in [2.45, 2.75) is 29.1 Å². The molecule has 2 aromatic carbocycles. The number of sulfone groups is 1. The minimum Gasteiger partial charge on any atom is -0.459 e. The number of nitrogens with one attached hydrogen (secondary N) is 1.